The van der Waals surface area contributed by atoms with E-state index < -0.39 is 5.97 Å². The van der Waals surface area contributed by atoms with Crippen molar-refractivity contribution in [1.82, 2.24) is 15.0 Å². The lowest BCUT2D eigenvalue weighted by Gasteiger charge is -2.17. The first-order chi connectivity index (χ1) is 8.66. The molecule has 0 aliphatic rings. The number of rotatable bonds is 4. The van der Waals surface area contributed by atoms with Crippen molar-refractivity contribution >= 4 is 11.8 Å². The van der Waals surface area contributed by atoms with E-state index in [1.807, 2.05) is 24.1 Å². The Bertz CT molecular complexity index is 545. The van der Waals surface area contributed by atoms with Crippen molar-refractivity contribution < 1.29 is 9.90 Å². The maximum absolute atomic E-state index is 10.8. The van der Waals surface area contributed by atoms with Gasteiger partial charge in [0.25, 0.3) is 0 Å². The van der Waals surface area contributed by atoms with Crippen LogP contribution in [0, 0.1) is 0 Å². The molecule has 2 aromatic rings. The molecule has 0 atom stereocenters. The van der Waals surface area contributed by atoms with Gasteiger partial charge in [-0.3, -0.25) is 9.97 Å². The van der Waals surface area contributed by atoms with E-state index in [1.54, 1.807) is 12.4 Å². The van der Waals surface area contributed by atoms with E-state index in [-0.39, 0.29) is 5.69 Å². The zero-order valence-electron chi connectivity index (χ0n) is 9.82. The molecule has 0 radical (unpaired) electrons. The van der Waals surface area contributed by atoms with Gasteiger partial charge in [-0.1, -0.05) is 6.07 Å². The lowest BCUT2D eigenvalue weighted by Crippen LogP contribution is -2.19. The zero-order chi connectivity index (χ0) is 13.0. The summed E-state index contributed by atoms with van der Waals surface area (Å²) in [5.74, 6) is -0.571. The fourth-order valence-electron chi connectivity index (χ4n) is 1.49. The molecule has 6 nitrogen and oxygen atoms in total. The summed E-state index contributed by atoms with van der Waals surface area (Å²) in [5, 5.41) is 8.85. The highest BCUT2D eigenvalue weighted by Crippen LogP contribution is 2.11. The Labute approximate surface area is 104 Å². The van der Waals surface area contributed by atoms with E-state index in [0.29, 0.717) is 12.4 Å². The van der Waals surface area contributed by atoms with E-state index in [1.165, 1.54) is 12.4 Å². The number of hydrogen-bond donors (Lipinski definition) is 1. The van der Waals surface area contributed by atoms with Gasteiger partial charge in [0.1, 0.15) is 5.82 Å². The van der Waals surface area contributed by atoms with Crippen LogP contribution < -0.4 is 4.90 Å². The van der Waals surface area contributed by atoms with Crippen LogP contribution in [0.5, 0.6) is 0 Å². The van der Waals surface area contributed by atoms with Crippen molar-refractivity contribution in [2.24, 2.45) is 0 Å². The largest absolute Gasteiger partial charge is 0.476 e. The third-order valence-electron chi connectivity index (χ3n) is 2.37. The average Bonchev–Trinajstić information content (AvgIpc) is 2.40. The van der Waals surface area contributed by atoms with E-state index >= 15 is 0 Å². The smallest absolute Gasteiger partial charge is 0.356 e. The Hall–Kier alpha value is -2.50. The maximum atomic E-state index is 10.8. The first-order valence-electron chi connectivity index (χ1n) is 5.32. The molecule has 0 unspecified atom stereocenters. The first-order valence-corrected chi connectivity index (χ1v) is 5.32. The van der Waals surface area contributed by atoms with E-state index in [9.17, 15) is 4.79 Å². The van der Waals surface area contributed by atoms with Gasteiger partial charge in [0.2, 0.25) is 0 Å². The number of aromatic carboxylic acids is 1. The van der Waals surface area contributed by atoms with Gasteiger partial charge >= 0.3 is 5.97 Å². The van der Waals surface area contributed by atoms with Crippen molar-refractivity contribution in [1.29, 1.82) is 0 Å². The Balaban J connectivity index is 2.16. The van der Waals surface area contributed by atoms with Gasteiger partial charge in [0.15, 0.2) is 5.69 Å². The van der Waals surface area contributed by atoms with Crippen molar-refractivity contribution in [2.45, 2.75) is 6.54 Å². The number of nitrogens with zero attached hydrogens (tertiary/aromatic N) is 4. The van der Waals surface area contributed by atoms with Crippen LogP contribution in [0.1, 0.15) is 16.1 Å². The van der Waals surface area contributed by atoms with Crippen LogP contribution in [0.15, 0.2) is 36.9 Å². The number of carboxylic acids is 1. The molecule has 2 aromatic heterocycles. The summed E-state index contributed by atoms with van der Waals surface area (Å²) in [7, 11) is 1.82. The fourth-order valence-corrected chi connectivity index (χ4v) is 1.49. The highest BCUT2D eigenvalue weighted by atomic mass is 16.4. The minimum Gasteiger partial charge on any atom is -0.476 e. The first kappa shape index (κ1) is 12.0. The van der Waals surface area contributed by atoms with Crippen LogP contribution in [0.4, 0.5) is 5.82 Å². The van der Waals surface area contributed by atoms with Gasteiger partial charge in [-0.25, -0.2) is 9.78 Å². The van der Waals surface area contributed by atoms with Crippen LogP contribution in [0.3, 0.4) is 0 Å². The summed E-state index contributed by atoms with van der Waals surface area (Å²) in [6.45, 7) is 0.589. The highest BCUT2D eigenvalue weighted by molar-refractivity contribution is 5.85. The van der Waals surface area contributed by atoms with Gasteiger partial charge in [-0.05, 0) is 11.6 Å². The Kier molecular flexibility index (Phi) is 3.47. The number of hydrogen-bond acceptors (Lipinski definition) is 5. The summed E-state index contributed by atoms with van der Waals surface area (Å²) in [6.07, 6.45) is 6.21. The van der Waals surface area contributed by atoms with E-state index in [0.717, 1.165) is 5.56 Å². The number of pyridine rings is 1. The summed E-state index contributed by atoms with van der Waals surface area (Å²) >= 11 is 0. The second-order valence-corrected chi connectivity index (χ2v) is 3.79. The van der Waals surface area contributed by atoms with Crippen molar-refractivity contribution in [2.75, 3.05) is 11.9 Å². The highest BCUT2D eigenvalue weighted by Gasteiger charge is 2.09. The molecular formula is C12H12N4O2. The predicted molar refractivity (Wildman–Crippen MR) is 65.3 cm³/mol. The molecule has 0 fully saturated rings. The van der Waals surface area contributed by atoms with Gasteiger partial charge in [-0.2, -0.15) is 0 Å². The lowest BCUT2D eigenvalue weighted by molar-refractivity contribution is 0.0690. The average molecular weight is 244 g/mol. The maximum Gasteiger partial charge on any atom is 0.356 e. The van der Waals surface area contributed by atoms with Gasteiger partial charge in [0.05, 0.1) is 12.4 Å². The van der Waals surface area contributed by atoms with Crippen LogP contribution in [-0.2, 0) is 6.54 Å². The molecule has 0 aliphatic heterocycles. The zero-order valence-corrected chi connectivity index (χ0v) is 9.82. The molecule has 0 bridgehead atoms. The molecule has 18 heavy (non-hydrogen) atoms. The molecule has 2 rings (SSSR count). The summed E-state index contributed by atoms with van der Waals surface area (Å²) in [5.41, 5.74) is 0.952. The molecule has 6 heteroatoms. The summed E-state index contributed by atoms with van der Waals surface area (Å²) in [6, 6.07) is 3.79. The third-order valence-corrected chi connectivity index (χ3v) is 2.37. The minimum atomic E-state index is -1.08. The van der Waals surface area contributed by atoms with Gasteiger partial charge in [0, 0.05) is 26.0 Å². The fraction of sp³-hybridized carbons (Fsp3) is 0.167. The van der Waals surface area contributed by atoms with Crippen molar-refractivity contribution in [3.63, 3.8) is 0 Å². The lowest BCUT2D eigenvalue weighted by atomic mass is 10.3. The number of carboxylic acid groups (broad SMARTS) is 1. The molecule has 0 aliphatic carbocycles. The Morgan fingerprint density at radius 1 is 1.33 bits per heavy atom. The summed E-state index contributed by atoms with van der Waals surface area (Å²) in [4.78, 5) is 24.5. The number of carbonyl (C=O) groups is 1. The van der Waals surface area contributed by atoms with Crippen LogP contribution in [0.25, 0.3) is 0 Å². The molecule has 0 spiro atoms. The predicted octanol–water partition coefficient (Wildman–Crippen LogP) is 1.21. The van der Waals surface area contributed by atoms with Crippen molar-refractivity contribution in [3.05, 3.63) is 48.2 Å². The standard InChI is InChI=1S/C12H12N4O2/c1-16(8-9-3-2-4-13-5-9)11-7-14-6-10(15-11)12(17)18/h2-7H,8H2,1H3,(H,17,18). The minimum absolute atomic E-state index is 0.0643. The summed E-state index contributed by atoms with van der Waals surface area (Å²) < 4.78 is 0. The number of aromatic nitrogens is 3. The Morgan fingerprint density at radius 2 is 2.17 bits per heavy atom. The molecular weight excluding hydrogens is 232 g/mol. The van der Waals surface area contributed by atoms with Gasteiger partial charge < -0.3 is 10.0 Å². The van der Waals surface area contributed by atoms with Crippen molar-refractivity contribution in [3.8, 4) is 0 Å². The SMILES string of the molecule is CN(Cc1cccnc1)c1cncc(C(=O)O)n1. The molecule has 0 saturated heterocycles. The van der Waals surface area contributed by atoms with Gasteiger partial charge in [-0.15, -0.1) is 0 Å². The monoisotopic (exact) mass is 244 g/mol. The molecule has 1 N–H and O–H groups in total. The molecule has 0 amide bonds. The van der Waals surface area contributed by atoms with Crippen LogP contribution in [0.2, 0.25) is 0 Å². The van der Waals surface area contributed by atoms with E-state index in [2.05, 4.69) is 15.0 Å². The normalized spacial score (nSPS) is 10.1. The second kappa shape index (κ2) is 5.22. The van der Waals surface area contributed by atoms with Crippen LogP contribution in [-0.4, -0.2) is 33.1 Å². The topological polar surface area (TPSA) is 79.2 Å². The number of anilines is 1. The van der Waals surface area contributed by atoms with Crippen LogP contribution >= 0.6 is 0 Å². The molecule has 0 aromatic carbocycles. The Morgan fingerprint density at radius 3 is 2.83 bits per heavy atom. The van der Waals surface area contributed by atoms with E-state index in [4.69, 9.17) is 5.11 Å². The second-order valence-electron chi connectivity index (χ2n) is 3.79. The molecule has 92 valence electrons. The third kappa shape index (κ3) is 2.79. The quantitative estimate of drug-likeness (QED) is 0.870. The molecule has 2 heterocycles. The molecule has 0 saturated carbocycles.